The van der Waals surface area contributed by atoms with E-state index in [0.717, 1.165) is 30.6 Å². The van der Waals surface area contributed by atoms with Crippen molar-refractivity contribution in [1.29, 1.82) is 0 Å². The second-order valence-electron chi connectivity index (χ2n) is 4.53. The molecule has 0 aliphatic heterocycles. The Hall–Kier alpha value is -1.72. The molecule has 1 heterocycles. The van der Waals surface area contributed by atoms with Crippen LogP contribution in [0.2, 0.25) is 0 Å². The van der Waals surface area contributed by atoms with Crippen molar-refractivity contribution in [3.63, 3.8) is 0 Å². The van der Waals surface area contributed by atoms with Crippen LogP contribution in [0.1, 0.15) is 25.5 Å². The summed E-state index contributed by atoms with van der Waals surface area (Å²) in [6.45, 7) is 2.80. The normalized spacial score (nSPS) is 12.4. The van der Waals surface area contributed by atoms with Crippen LogP contribution < -0.4 is 5.32 Å². The van der Waals surface area contributed by atoms with Gasteiger partial charge in [0, 0.05) is 17.8 Å². The lowest BCUT2D eigenvalue weighted by atomic mass is 10.1. The smallest absolute Gasteiger partial charge is 0.134 e. The number of nitrogens with one attached hydrogen (secondary N) is 1. The maximum absolute atomic E-state index is 5.83. The Kier molecular flexibility index (Phi) is 4.44. The molecule has 1 atom stereocenters. The minimum absolute atomic E-state index is 0.395. The average Bonchev–Trinajstić information content (AvgIpc) is 2.78. The number of hydrogen-bond donors (Lipinski definition) is 1. The zero-order valence-electron chi connectivity index (χ0n) is 10.8. The summed E-state index contributed by atoms with van der Waals surface area (Å²) in [6.07, 6.45) is 8.44. The van der Waals surface area contributed by atoms with Crippen molar-refractivity contribution < 1.29 is 4.42 Å². The molecule has 94 valence electrons. The highest BCUT2D eigenvalue weighted by Crippen LogP contribution is 2.20. The Morgan fingerprint density at radius 2 is 2.22 bits per heavy atom. The van der Waals surface area contributed by atoms with Crippen LogP contribution in [0.3, 0.4) is 0 Å². The number of terminal acetylenes is 1. The van der Waals surface area contributed by atoms with E-state index in [-0.39, 0.29) is 0 Å². The number of para-hydroxylation sites is 1. The first kappa shape index (κ1) is 12.7. The van der Waals surface area contributed by atoms with Crippen LogP contribution >= 0.6 is 0 Å². The van der Waals surface area contributed by atoms with Gasteiger partial charge in [-0.25, -0.2) is 0 Å². The van der Waals surface area contributed by atoms with Gasteiger partial charge >= 0.3 is 0 Å². The van der Waals surface area contributed by atoms with E-state index in [9.17, 15) is 0 Å². The molecule has 1 unspecified atom stereocenters. The molecule has 2 rings (SSSR count). The molecule has 2 aromatic rings. The van der Waals surface area contributed by atoms with Gasteiger partial charge in [-0.2, -0.15) is 0 Å². The molecule has 1 N–H and O–H groups in total. The number of rotatable bonds is 6. The molecule has 0 spiro atoms. The Morgan fingerprint density at radius 3 is 2.94 bits per heavy atom. The molecule has 0 saturated carbocycles. The van der Waals surface area contributed by atoms with Gasteiger partial charge in [-0.3, -0.25) is 0 Å². The zero-order chi connectivity index (χ0) is 12.8. The van der Waals surface area contributed by atoms with Crippen LogP contribution in [0.4, 0.5) is 0 Å². The third-order valence-corrected chi connectivity index (χ3v) is 3.05. The molecule has 0 radical (unpaired) electrons. The molecule has 0 amide bonds. The Balaban J connectivity index is 2.07. The van der Waals surface area contributed by atoms with Crippen molar-refractivity contribution in [3.8, 4) is 12.3 Å². The Labute approximate surface area is 108 Å². The molecule has 1 aromatic carbocycles. The van der Waals surface area contributed by atoms with Crippen molar-refractivity contribution >= 4 is 11.0 Å². The fraction of sp³-hybridized carbons (Fsp3) is 0.375. The predicted molar refractivity (Wildman–Crippen MR) is 75.4 cm³/mol. The van der Waals surface area contributed by atoms with Crippen molar-refractivity contribution in [1.82, 2.24) is 5.32 Å². The SMILES string of the molecule is C#CCNC(CCC)Cc1cc2ccccc2o1. The third kappa shape index (κ3) is 3.15. The van der Waals surface area contributed by atoms with E-state index in [1.807, 2.05) is 18.2 Å². The summed E-state index contributed by atoms with van der Waals surface area (Å²) >= 11 is 0. The number of hydrogen-bond acceptors (Lipinski definition) is 2. The highest BCUT2D eigenvalue weighted by Gasteiger charge is 2.11. The van der Waals surface area contributed by atoms with E-state index < -0.39 is 0 Å². The van der Waals surface area contributed by atoms with Crippen LogP contribution in [-0.2, 0) is 6.42 Å². The number of benzene rings is 1. The van der Waals surface area contributed by atoms with Crippen LogP contribution in [0, 0.1) is 12.3 Å². The van der Waals surface area contributed by atoms with Gasteiger partial charge in [0.2, 0.25) is 0 Å². The minimum Gasteiger partial charge on any atom is -0.461 e. The summed E-state index contributed by atoms with van der Waals surface area (Å²) in [4.78, 5) is 0. The highest BCUT2D eigenvalue weighted by molar-refractivity contribution is 5.77. The minimum atomic E-state index is 0.395. The fourth-order valence-corrected chi connectivity index (χ4v) is 2.21. The van der Waals surface area contributed by atoms with Gasteiger partial charge < -0.3 is 9.73 Å². The second kappa shape index (κ2) is 6.28. The van der Waals surface area contributed by atoms with Gasteiger partial charge in [0.05, 0.1) is 6.54 Å². The first-order valence-electron chi connectivity index (χ1n) is 6.47. The van der Waals surface area contributed by atoms with Crippen molar-refractivity contribution in [3.05, 3.63) is 36.1 Å². The molecule has 2 heteroatoms. The number of fused-ring (bicyclic) bond motifs is 1. The molecule has 0 saturated heterocycles. The zero-order valence-corrected chi connectivity index (χ0v) is 10.8. The van der Waals surface area contributed by atoms with Crippen LogP contribution in [0.15, 0.2) is 34.7 Å². The summed E-state index contributed by atoms with van der Waals surface area (Å²) in [5.41, 5.74) is 0.958. The Morgan fingerprint density at radius 1 is 1.39 bits per heavy atom. The van der Waals surface area contributed by atoms with Crippen molar-refractivity contribution in [2.75, 3.05) is 6.54 Å². The molecule has 0 aliphatic rings. The molecule has 0 fully saturated rings. The van der Waals surface area contributed by atoms with Crippen molar-refractivity contribution in [2.24, 2.45) is 0 Å². The standard InChI is InChI=1S/C16H19NO/c1-3-7-14(17-10-4-2)12-15-11-13-8-5-6-9-16(13)18-15/h2,5-6,8-9,11,14,17H,3,7,10,12H2,1H3. The van der Waals surface area contributed by atoms with Gasteiger partial charge in [0.1, 0.15) is 11.3 Å². The number of furan rings is 1. The summed E-state index contributed by atoms with van der Waals surface area (Å²) in [5.74, 6) is 3.65. The van der Waals surface area contributed by atoms with E-state index in [4.69, 9.17) is 10.8 Å². The van der Waals surface area contributed by atoms with E-state index in [1.54, 1.807) is 0 Å². The van der Waals surface area contributed by atoms with Crippen LogP contribution in [-0.4, -0.2) is 12.6 Å². The summed E-state index contributed by atoms with van der Waals surface area (Å²) < 4.78 is 5.83. The quantitative estimate of drug-likeness (QED) is 0.784. The largest absolute Gasteiger partial charge is 0.461 e. The van der Waals surface area contributed by atoms with Gasteiger partial charge in [-0.15, -0.1) is 6.42 Å². The summed E-state index contributed by atoms with van der Waals surface area (Å²) in [6, 6.07) is 10.6. The maximum Gasteiger partial charge on any atom is 0.134 e. The maximum atomic E-state index is 5.83. The van der Waals surface area contributed by atoms with Crippen LogP contribution in [0.25, 0.3) is 11.0 Å². The third-order valence-electron chi connectivity index (χ3n) is 3.05. The monoisotopic (exact) mass is 241 g/mol. The van der Waals surface area contributed by atoms with E-state index in [0.29, 0.717) is 12.6 Å². The lowest BCUT2D eigenvalue weighted by Crippen LogP contribution is -2.31. The predicted octanol–water partition coefficient (Wildman–Crippen LogP) is 3.37. The van der Waals surface area contributed by atoms with E-state index >= 15 is 0 Å². The second-order valence-corrected chi connectivity index (χ2v) is 4.53. The Bertz CT molecular complexity index is 502. The summed E-state index contributed by atoms with van der Waals surface area (Å²) in [7, 11) is 0. The van der Waals surface area contributed by atoms with E-state index in [1.165, 1.54) is 5.39 Å². The van der Waals surface area contributed by atoms with Gasteiger partial charge in [0.25, 0.3) is 0 Å². The van der Waals surface area contributed by atoms with Crippen LogP contribution in [0.5, 0.6) is 0 Å². The van der Waals surface area contributed by atoms with E-state index in [2.05, 4.69) is 30.3 Å². The first-order valence-corrected chi connectivity index (χ1v) is 6.47. The molecule has 18 heavy (non-hydrogen) atoms. The molecule has 0 bridgehead atoms. The average molecular weight is 241 g/mol. The fourth-order valence-electron chi connectivity index (χ4n) is 2.21. The van der Waals surface area contributed by atoms with Gasteiger partial charge in [0.15, 0.2) is 0 Å². The van der Waals surface area contributed by atoms with Gasteiger partial charge in [-0.1, -0.05) is 37.5 Å². The van der Waals surface area contributed by atoms with Crippen molar-refractivity contribution in [2.45, 2.75) is 32.2 Å². The van der Waals surface area contributed by atoms with Gasteiger partial charge in [-0.05, 0) is 18.6 Å². The first-order chi connectivity index (χ1) is 8.83. The lowest BCUT2D eigenvalue weighted by molar-refractivity contribution is 0.447. The topological polar surface area (TPSA) is 25.2 Å². The molecule has 2 nitrogen and oxygen atoms in total. The highest BCUT2D eigenvalue weighted by atomic mass is 16.3. The molecule has 1 aromatic heterocycles. The molecular weight excluding hydrogens is 222 g/mol. The molecule has 0 aliphatic carbocycles. The summed E-state index contributed by atoms with van der Waals surface area (Å²) in [5, 5.41) is 4.53. The molecular formula is C16H19NO. The lowest BCUT2D eigenvalue weighted by Gasteiger charge is -2.14.